The van der Waals surface area contributed by atoms with Crippen LogP contribution in [0.4, 0.5) is 4.39 Å². The Morgan fingerprint density at radius 3 is 2.60 bits per heavy atom. The van der Waals surface area contributed by atoms with Gasteiger partial charge in [-0.2, -0.15) is 0 Å². The Balaban J connectivity index is 2.86. The quantitative estimate of drug-likeness (QED) is 0.712. The fourth-order valence-corrected chi connectivity index (χ4v) is 1.70. The van der Waals surface area contributed by atoms with Crippen LogP contribution in [-0.4, -0.2) is 9.97 Å². The SMILES string of the molecule is Cc1nc(C(C)C)c2cccc(F)c2n1. The molecular formula is C12H13FN2. The number of aromatic nitrogens is 2. The fourth-order valence-electron chi connectivity index (χ4n) is 1.70. The van der Waals surface area contributed by atoms with E-state index in [1.54, 1.807) is 13.0 Å². The maximum absolute atomic E-state index is 13.5. The minimum atomic E-state index is -0.278. The topological polar surface area (TPSA) is 25.8 Å². The summed E-state index contributed by atoms with van der Waals surface area (Å²) in [7, 11) is 0. The van der Waals surface area contributed by atoms with E-state index in [9.17, 15) is 4.39 Å². The van der Waals surface area contributed by atoms with Crippen LogP contribution >= 0.6 is 0 Å². The van der Waals surface area contributed by atoms with Crippen LogP contribution in [0.2, 0.25) is 0 Å². The van der Waals surface area contributed by atoms with Gasteiger partial charge in [-0.05, 0) is 18.9 Å². The van der Waals surface area contributed by atoms with Gasteiger partial charge in [0.2, 0.25) is 0 Å². The Morgan fingerprint density at radius 2 is 1.93 bits per heavy atom. The van der Waals surface area contributed by atoms with Crippen molar-refractivity contribution < 1.29 is 4.39 Å². The second kappa shape index (κ2) is 3.57. The second-order valence-electron chi connectivity index (χ2n) is 3.95. The van der Waals surface area contributed by atoms with Crippen LogP contribution in [0.25, 0.3) is 10.9 Å². The van der Waals surface area contributed by atoms with Gasteiger partial charge in [0.25, 0.3) is 0 Å². The van der Waals surface area contributed by atoms with Gasteiger partial charge in [-0.25, -0.2) is 14.4 Å². The van der Waals surface area contributed by atoms with E-state index in [2.05, 4.69) is 9.97 Å². The molecule has 0 aliphatic carbocycles. The molecule has 2 aromatic rings. The molecule has 78 valence electrons. The zero-order valence-corrected chi connectivity index (χ0v) is 9.08. The Kier molecular flexibility index (Phi) is 2.39. The van der Waals surface area contributed by atoms with Crippen molar-refractivity contribution >= 4 is 10.9 Å². The summed E-state index contributed by atoms with van der Waals surface area (Å²) in [5, 5.41) is 0.815. The van der Waals surface area contributed by atoms with Gasteiger partial charge in [0.05, 0.1) is 5.69 Å². The summed E-state index contributed by atoms with van der Waals surface area (Å²) >= 11 is 0. The average molecular weight is 204 g/mol. The van der Waals surface area contributed by atoms with Gasteiger partial charge in [-0.15, -0.1) is 0 Å². The highest BCUT2D eigenvalue weighted by Crippen LogP contribution is 2.23. The van der Waals surface area contributed by atoms with Crippen LogP contribution in [0.1, 0.15) is 31.3 Å². The summed E-state index contributed by atoms with van der Waals surface area (Å²) in [5.74, 6) is 0.618. The monoisotopic (exact) mass is 204 g/mol. The molecular weight excluding hydrogens is 191 g/mol. The first kappa shape index (κ1) is 10.0. The first-order chi connectivity index (χ1) is 7.09. The summed E-state index contributed by atoms with van der Waals surface area (Å²) in [6, 6.07) is 4.99. The average Bonchev–Trinajstić information content (AvgIpc) is 2.18. The van der Waals surface area contributed by atoms with Crippen molar-refractivity contribution in [3.8, 4) is 0 Å². The molecule has 3 heteroatoms. The Morgan fingerprint density at radius 1 is 1.20 bits per heavy atom. The lowest BCUT2D eigenvalue weighted by molar-refractivity contribution is 0.635. The highest BCUT2D eigenvalue weighted by atomic mass is 19.1. The fraction of sp³-hybridized carbons (Fsp3) is 0.333. The van der Waals surface area contributed by atoms with Crippen LogP contribution in [0.15, 0.2) is 18.2 Å². The third-order valence-electron chi connectivity index (χ3n) is 2.37. The lowest BCUT2D eigenvalue weighted by Gasteiger charge is -2.09. The molecule has 0 saturated heterocycles. The Hall–Kier alpha value is -1.51. The van der Waals surface area contributed by atoms with Gasteiger partial charge in [0, 0.05) is 5.39 Å². The van der Waals surface area contributed by atoms with E-state index in [1.165, 1.54) is 6.07 Å². The third kappa shape index (κ3) is 1.69. The van der Waals surface area contributed by atoms with Crippen molar-refractivity contribution in [3.05, 3.63) is 35.5 Å². The number of rotatable bonds is 1. The molecule has 0 atom stereocenters. The standard InChI is InChI=1S/C12H13FN2/c1-7(2)11-9-5-4-6-10(13)12(9)15-8(3)14-11/h4-7H,1-3H3. The zero-order chi connectivity index (χ0) is 11.0. The maximum Gasteiger partial charge on any atom is 0.149 e. The van der Waals surface area contributed by atoms with Crippen molar-refractivity contribution in [1.82, 2.24) is 9.97 Å². The van der Waals surface area contributed by atoms with Crippen LogP contribution in [0.3, 0.4) is 0 Å². The largest absolute Gasteiger partial charge is 0.237 e. The smallest absolute Gasteiger partial charge is 0.149 e. The minimum Gasteiger partial charge on any atom is -0.237 e. The van der Waals surface area contributed by atoms with Crippen LogP contribution in [0, 0.1) is 12.7 Å². The number of hydrogen-bond acceptors (Lipinski definition) is 2. The number of fused-ring (bicyclic) bond motifs is 1. The maximum atomic E-state index is 13.5. The van der Waals surface area contributed by atoms with E-state index in [1.807, 2.05) is 19.9 Å². The summed E-state index contributed by atoms with van der Waals surface area (Å²) in [5.41, 5.74) is 1.34. The van der Waals surface area contributed by atoms with Gasteiger partial charge in [0.1, 0.15) is 17.2 Å². The number of benzene rings is 1. The van der Waals surface area contributed by atoms with Gasteiger partial charge < -0.3 is 0 Å². The van der Waals surface area contributed by atoms with Gasteiger partial charge in [-0.1, -0.05) is 26.0 Å². The summed E-state index contributed by atoms with van der Waals surface area (Å²) in [4.78, 5) is 8.50. The molecule has 2 rings (SSSR count). The highest BCUT2D eigenvalue weighted by molar-refractivity contribution is 5.81. The van der Waals surface area contributed by atoms with E-state index < -0.39 is 0 Å². The first-order valence-corrected chi connectivity index (χ1v) is 5.02. The van der Waals surface area contributed by atoms with E-state index in [-0.39, 0.29) is 11.7 Å². The predicted octanol–water partition coefficient (Wildman–Crippen LogP) is 3.20. The molecule has 1 aromatic heterocycles. The van der Waals surface area contributed by atoms with Gasteiger partial charge >= 0.3 is 0 Å². The van der Waals surface area contributed by atoms with Crippen LogP contribution in [0.5, 0.6) is 0 Å². The molecule has 0 radical (unpaired) electrons. The number of nitrogens with zero attached hydrogens (tertiary/aromatic N) is 2. The molecule has 0 N–H and O–H groups in total. The first-order valence-electron chi connectivity index (χ1n) is 5.02. The molecule has 0 saturated carbocycles. The molecule has 0 spiro atoms. The number of halogens is 1. The number of para-hydroxylation sites is 1. The number of hydrogen-bond donors (Lipinski definition) is 0. The molecule has 2 nitrogen and oxygen atoms in total. The van der Waals surface area contributed by atoms with Gasteiger partial charge in [-0.3, -0.25) is 0 Å². The molecule has 0 aliphatic rings. The van der Waals surface area contributed by atoms with E-state index >= 15 is 0 Å². The van der Waals surface area contributed by atoms with Gasteiger partial charge in [0.15, 0.2) is 0 Å². The molecule has 0 bridgehead atoms. The molecule has 0 unspecified atom stereocenters. The summed E-state index contributed by atoms with van der Waals surface area (Å²) in [6.07, 6.45) is 0. The summed E-state index contributed by atoms with van der Waals surface area (Å²) in [6.45, 7) is 5.88. The third-order valence-corrected chi connectivity index (χ3v) is 2.37. The second-order valence-corrected chi connectivity index (χ2v) is 3.95. The minimum absolute atomic E-state index is 0.274. The Bertz CT molecular complexity index is 506. The van der Waals surface area contributed by atoms with Crippen molar-refractivity contribution in [2.75, 3.05) is 0 Å². The zero-order valence-electron chi connectivity index (χ0n) is 9.08. The van der Waals surface area contributed by atoms with Crippen molar-refractivity contribution in [2.45, 2.75) is 26.7 Å². The molecule has 0 aliphatic heterocycles. The molecule has 1 heterocycles. The molecule has 0 fully saturated rings. The molecule has 1 aromatic carbocycles. The highest BCUT2D eigenvalue weighted by Gasteiger charge is 2.11. The van der Waals surface area contributed by atoms with Crippen molar-refractivity contribution in [1.29, 1.82) is 0 Å². The van der Waals surface area contributed by atoms with E-state index in [0.717, 1.165) is 11.1 Å². The van der Waals surface area contributed by atoms with Crippen molar-refractivity contribution in [2.24, 2.45) is 0 Å². The predicted molar refractivity (Wildman–Crippen MR) is 58.3 cm³/mol. The lowest BCUT2D eigenvalue weighted by atomic mass is 10.0. The van der Waals surface area contributed by atoms with Crippen molar-refractivity contribution in [3.63, 3.8) is 0 Å². The van der Waals surface area contributed by atoms with Crippen LogP contribution in [-0.2, 0) is 0 Å². The summed E-state index contributed by atoms with van der Waals surface area (Å²) < 4.78 is 13.5. The van der Waals surface area contributed by atoms with E-state index in [0.29, 0.717) is 11.3 Å². The lowest BCUT2D eigenvalue weighted by Crippen LogP contribution is -2.00. The molecule has 15 heavy (non-hydrogen) atoms. The molecule has 0 amide bonds. The van der Waals surface area contributed by atoms with E-state index in [4.69, 9.17) is 0 Å². The van der Waals surface area contributed by atoms with Crippen LogP contribution < -0.4 is 0 Å². The Labute approximate surface area is 88.2 Å². The number of aryl methyl sites for hydroxylation is 1. The normalized spacial score (nSPS) is 11.3.